The lowest BCUT2D eigenvalue weighted by Gasteiger charge is -2.09. The van der Waals surface area contributed by atoms with Crippen LogP contribution in [0.5, 0.6) is 0 Å². The van der Waals surface area contributed by atoms with Gasteiger partial charge >= 0.3 is 0 Å². The van der Waals surface area contributed by atoms with E-state index in [2.05, 4.69) is 5.32 Å². The fourth-order valence-corrected chi connectivity index (χ4v) is 1.68. The van der Waals surface area contributed by atoms with Crippen LogP contribution in [0.2, 0.25) is 0 Å². The molecule has 0 aliphatic heterocycles. The first-order valence-corrected chi connectivity index (χ1v) is 5.44. The molecule has 0 aliphatic rings. The molecular weight excluding hydrogens is 230 g/mol. The highest BCUT2D eigenvalue weighted by molar-refractivity contribution is 5.68. The zero-order chi connectivity index (χ0) is 13.1. The summed E-state index contributed by atoms with van der Waals surface area (Å²) in [6.07, 6.45) is 0. The number of nitrogen functional groups attached to an aromatic ring is 1. The minimum Gasteiger partial charge on any atom is -0.399 e. The first-order chi connectivity index (χ1) is 8.58. The second-order valence-corrected chi connectivity index (χ2v) is 3.95. The molecule has 0 aliphatic carbocycles. The first-order valence-electron chi connectivity index (χ1n) is 5.44. The van der Waals surface area contributed by atoms with Gasteiger partial charge in [0.2, 0.25) is 0 Å². The summed E-state index contributed by atoms with van der Waals surface area (Å²) in [5.74, 6) is 0. The number of benzene rings is 2. The SMILES string of the molecule is Cc1c(Nc2ccc(N)cc2)cccc1[N+](=O)[O-]. The number of rotatable bonds is 3. The van der Waals surface area contributed by atoms with Crippen molar-refractivity contribution in [3.63, 3.8) is 0 Å². The number of anilines is 3. The van der Waals surface area contributed by atoms with Gasteiger partial charge in [-0.25, -0.2) is 0 Å². The standard InChI is InChI=1S/C13H13N3O2/c1-9-12(3-2-4-13(9)16(17)18)15-11-7-5-10(14)6-8-11/h2-8,15H,14H2,1H3. The van der Waals surface area contributed by atoms with Crippen molar-refractivity contribution in [1.82, 2.24) is 0 Å². The van der Waals surface area contributed by atoms with Gasteiger partial charge in [-0.05, 0) is 37.3 Å². The first kappa shape index (κ1) is 11.9. The Morgan fingerprint density at radius 1 is 1.17 bits per heavy atom. The highest BCUT2D eigenvalue weighted by Gasteiger charge is 2.12. The molecule has 5 heteroatoms. The van der Waals surface area contributed by atoms with E-state index in [1.165, 1.54) is 6.07 Å². The van der Waals surface area contributed by atoms with E-state index in [0.29, 0.717) is 16.9 Å². The average molecular weight is 243 g/mol. The Hall–Kier alpha value is -2.56. The van der Waals surface area contributed by atoms with Crippen LogP contribution in [-0.2, 0) is 0 Å². The third-order valence-corrected chi connectivity index (χ3v) is 2.69. The molecule has 92 valence electrons. The summed E-state index contributed by atoms with van der Waals surface area (Å²) in [6.45, 7) is 1.72. The van der Waals surface area contributed by atoms with Gasteiger partial charge in [0.15, 0.2) is 0 Å². The van der Waals surface area contributed by atoms with Gasteiger partial charge in [0.05, 0.1) is 10.5 Å². The fraction of sp³-hybridized carbons (Fsp3) is 0.0769. The zero-order valence-corrected chi connectivity index (χ0v) is 9.88. The Labute approximate surface area is 104 Å². The summed E-state index contributed by atoms with van der Waals surface area (Å²) in [5, 5.41) is 14.0. The third-order valence-electron chi connectivity index (χ3n) is 2.69. The van der Waals surface area contributed by atoms with Crippen LogP contribution in [0.1, 0.15) is 5.56 Å². The number of hydrogen-bond donors (Lipinski definition) is 2. The molecule has 2 rings (SSSR count). The van der Waals surface area contributed by atoms with E-state index in [1.54, 1.807) is 31.2 Å². The molecule has 0 radical (unpaired) electrons. The lowest BCUT2D eigenvalue weighted by Crippen LogP contribution is -1.97. The molecule has 0 saturated carbocycles. The van der Waals surface area contributed by atoms with Gasteiger partial charge in [-0.1, -0.05) is 6.07 Å². The average Bonchev–Trinajstić information content (AvgIpc) is 2.34. The number of nitrogens with zero attached hydrogens (tertiary/aromatic N) is 1. The summed E-state index contributed by atoms with van der Waals surface area (Å²) < 4.78 is 0. The molecular formula is C13H13N3O2. The predicted octanol–water partition coefficient (Wildman–Crippen LogP) is 3.23. The van der Waals surface area contributed by atoms with Crippen molar-refractivity contribution < 1.29 is 4.92 Å². The minimum atomic E-state index is -0.385. The van der Waals surface area contributed by atoms with Gasteiger partial charge in [-0.2, -0.15) is 0 Å². The van der Waals surface area contributed by atoms with E-state index in [9.17, 15) is 10.1 Å². The molecule has 0 saturated heterocycles. The van der Waals surface area contributed by atoms with E-state index in [-0.39, 0.29) is 10.6 Å². The molecule has 0 bridgehead atoms. The number of nitrogens with two attached hydrogens (primary N) is 1. The summed E-state index contributed by atoms with van der Waals surface area (Å²) >= 11 is 0. The molecule has 0 amide bonds. The van der Waals surface area contributed by atoms with E-state index in [1.807, 2.05) is 12.1 Å². The second-order valence-electron chi connectivity index (χ2n) is 3.95. The van der Waals surface area contributed by atoms with Crippen LogP contribution in [0, 0.1) is 17.0 Å². The normalized spacial score (nSPS) is 10.1. The summed E-state index contributed by atoms with van der Waals surface area (Å²) in [5.41, 5.74) is 8.55. The summed E-state index contributed by atoms with van der Waals surface area (Å²) in [4.78, 5) is 10.4. The molecule has 5 nitrogen and oxygen atoms in total. The Morgan fingerprint density at radius 3 is 2.44 bits per heavy atom. The third kappa shape index (κ3) is 2.40. The number of nitrogens with one attached hydrogen (secondary N) is 1. The van der Waals surface area contributed by atoms with Gasteiger partial charge in [-0.3, -0.25) is 10.1 Å². The van der Waals surface area contributed by atoms with Gasteiger partial charge < -0.3 is 11.1 Å². The number of hydrogen-bond acceptors (Lipinski definition) is 4. The topological polar surface area (TPSA) is 81.2 Å². The molecule has 0 unspecified atom stereocenters. The van der Waals surface area contributed by atoms with Crippen LogP contribution < -0.4 is 11.1 Å². The van der Waals surface area contributed by atoms with E-state index in [4.69, 9.17) is 5.73 Å². The Kier molecular flexibility index (Phi) is 3.14. The maximum atomic E-state index is 10.8. The molecule has 2 aromatic carbocycles. The smallest absolute Gasteiger partial charge is 0.274 e. The lowest BCUT2D eigenvalue weighted by atomic mass is 10.1. The maximum absolute atomic E-state index is 10.8. The molecule has 18 heavy (non-hydrogen) atoms. The zero-order valence-electron chi connectivity index (χ0n) is 9.88. The van der Waals surface area contributed by atoms with Gasteiger partial charge in [0, 0.05) is 23.1 Å². The highest BCUT2D eigenvalue weighted by atomic mass is 16.6. The van der Waals surface area contributed by atoms with Crippen molar-refractivity contribution in [3.8, 4) is 0 Å². The van der Waals surface area contributed by atoms with Crippen molar-refractivity contribution in [2.75, 3.05) is 11.1 Å². The van der Waals surface area contributed by atoms with Crippen LogP contribution in [0.4, 0.5) is 22.7 Å². The molecule has 2 aromatic rings. The Balaban J connectivity index is 2.32. The van der Waals surface area contributed by atoms with Crippen molar-refractivity contribution >= 4 is 22.7 Å². The molecule has 0 aromatic heterocycles. The second kappa shape index (κ2) is 4.75. The maximum Gasteiger partial charge on any atom is 0.274 e. The largest absolute Gasteiger partial charge is 0.399 e. The molecule has 0 heterocycles. The van der Waals surface area contributed by atoms with Crippen molar-refractivity contribution in [2.45, 2.75) is 6.92 Å². The summed E-state index contributed by atoms with van der Waals surface area (Å²) in [7, 11) is 0. The fourth-order valence-electron chi connectivity index (χ4n) is 1.68. The van der Waals surface area contributed by atoms with Crippen molar-refractivity contribution in [1.29, 1.82) is 0 Å². The van der Waals surface area contributed by atoms with Crippen LogP contribution in [0.25, 0.3) is 0 Å². The van der Waals surface area contributed by atoms with Crippen molar-refractivity contribution in [2.24, 2.45) is 0 Å². The van der Waals surface area contributed by atoms with Crippen LogP contribution >= 0.6 is 0 Å². The number of nitro benzene ring substituents is 1. The molecule has 0 spiro atoms. The lowest BCUT2D eigenvalue weighted by molar-refractivity contribution is -0.385. The monoisotopic (exact) mass is 243 g/mol. The van der Waals surface area contributed by atoms with E-state index in [0.717, 1.165) is 5.69 Å². The van der Waals surface area contributed by atoms with Crippen LogP contribution in [0.15, 0.2) is 42.5 Å². The predicted molar refractivity (Wildman–Crippen MR) is 72.0 cm³/mol. The van der Waals surface area contributed by atoms with Crippen LogP contribution in [-0.4, -0.2) is 4.92 Å². The summed E-state index contributed by atoms with van der Waals surface area (Å²) in [6, 6.07) is 12.2. The van der Waals surface area contributed by atoms with Gasteiger partial charge in [0.1, 0.15) is 0 Å². The Bertz CT molecular complexity index is 579. The van der Waals surface area contributed by atoms with Gasteiger partial charge in [0.25, 0.3) is 5.69 Å². The number of nitro groups is 1. The van der Waals surface area contributed by atoms with E-state index >= 15 is 0 Å². The van der Waals surface area contributed by atoms with Crippen LogP contribution in [0.3, 0.4) is 0 Å². The molecule has 3 N–H and O–H groups in total. The van der Waals surface area contributed by atoms with E-state index < -0.39 is 0 Å². The van der Waals surface area contributed by atoms with Crippen molar-refractivity contribution in [3.05, 3.63) is 58.1 Å². The quantitative estimate of drug-likeness (QED) is 0.492. The molecule has 0 fully saturated rings. The minimum absolute atomic E-state index is 0.107. The van der Waals surface area contributed by atoms with Gasteiger partial charge in [-0.15, -0.1) is 0 Å². The Morgan fingerprint density at radius 2 is 1.83 bits per heavy atom. The molecule has 0 atom stereocenters. The highest BCUT2D eigenvalue weighted by Crippen LogP contribution is 2.27.